The van der Waals surface area contributed by atoms with Crippen molar-refractivity contribution in [1.29, 1.82) is 0 Å². The number of carbonyl (C=O) groups is 4. The molecule has 0 atom stereocenters. The van der Waals surface area contributed by atoms with Crippen LogP contribution in [0.3, 0.4) is 0 Å². The van der Waals surface area contributed by atoms with Gasteiger partial charge in [0.15, 0.2) is 6.61 Å². The van der Waals surface area contributed by atoms with Crippen molar-refractivity contribution in [2.45, 2.75) is 34.6 Å². The lowest BCUT2D eigenvalue weighted by atomic mass is 9.85. The van der Waals surface area contributed by atoms with Crippen LogP contribution in [0.15, 0.2) is 46.8 Å². The van der Waals surface area contributed by atoms with Crippen LogP contribution in [0, 0.1) is 5.92 Å². The Morgan fingerprint density at radius 2 is 1.41 bits per heavy atom. The molecule has 0 fully saturated rings. The molecule has 0 saturated heterocycles. The van der Waals surface area contributed by atoms with E-state index in [1.165, 1.54) is 0 Å². The number of allylic oxidation sites excluding steroid dienone is 2. The molecule has 1 aliphatic rings. The van der Waals surface area contributed by atoms with Crippen molar-refractivity contribution < 1.29 is 38.1 Å². The highest BCUT2D eigenvalue weighted by Gasteiger charge is 2.42. The molecule has 0 saturated carbocycles. The number of para-hydroxylation sites is 2. The first-order valence-corrected chi connectivity index (χ1v) is 11.0. The number of anilines is 1. The van der Waals surface area contributed by atoms with Crippen molar-refractivity contribution in [1.82, 2.24) is 5.32 Å². The molecule has 0 unspecified atom stereocenters. The summed E-state index contributed by atoms with van der Waals surface area (Å²) in [5.74, 6) is -4.08. The van der Waals surface area contributed by atoms with Crippen LogP contribution in [-0.2, 0) is 33.4 Å². The van der Waals surface area contributed by atoms with Gasteiger partial charge in [-0.2, -0.15) is 0 Å². The number of benzene rings is 1. The number of amides is 1. The zero-order chi connectivity index (χ0) is 25.3. The topological polar surface area (TPSA) is 129 Å². The third-order valence-electron chi connectivity index (χ3n) is 4.79. The highest BCUT2D eigenvalue weighted by atomic mass is 16.5. The summed E-state index contributed by atoms with van der Waals surface area (Å²) in [5.41, 5.74) is 0.922. The van der Waals surface area contributed by atoms with E-state index in [2.05, 4.69) is 10.6 Å². The van der Waals surface area contributed by atoms with Crippen LogP contribution in [0.1, 0.15) is 34.6 Å². The van der Waals surface area contributed by atoms with Crippen LogP contribution in [0.5, 0.6) is 5.75 Å². The number of ether oxygens (including phenoxy) is 4. The van der Waals surface area contributed by atoms with Gasteiger partial charge in [-0.1, -0.05) is 12.1 Å². The number of carbonyl (C=O) groups excluding carboxylic acids is 4. The minimum Gasteiger partial charge on any atom is -0.492 e. The lowest BCUT2D eigenvalue weighted by molar-refractivity contribution is -0.153. The predicted molar refractivity (Wildman–Crippen MR) is 122 cm³/mol. The average Bonchev–Trinajstić information content (AvgIpc) is 2.78. The Kier molecular flexibility index (Phi) is 9.66. The Morgan fingerprint density at radius 1 is 0.853 bits per heavy atom. The average molecular weight is 475 g/mol. The second-order valence-corrected chi connectivity index (χ2v) is 7.16. The van der Waals surface area contributed by atoms with Gasteiger partial charge in [0.05, 0.1) is 36.7 Å². The molecule has 0 spiro atoms. The lowest BCUT2D eigenvalue weighted by Gasteiger charge is -2.28. The van der Waals surface area contributed by atoms with Crippen molar-refractivity contribution in [2.75, 3.05) is 31.7 Å². The van der Waals surface area contributed by atoms with Gasteiger partial charge in [0, 0.05) is 11.4 Å². The van der Waals surface area contributed by atoms with Gasteiger partial charge < -0.3 is 29.6 Å². The number of dihydropyridines is 1. The Morgan fingerprint density at radius 3 is 1.94 bits per heavy atom. The third-order valence-corrected chi connectivity index (χ3v) is 4.79. The summed E-state index contributed by atoms with van der Waals surface area (Å²) in [5, 5.41) is 5.53. The zero-order valence-corrected chi connectivity index (χ0v) is 20.0. The molecule has 10 heteroatoms. The van der Waals surface area contributed by atoms with Crippen molar-refractivity contribution in [3.05, 3.63) is 46.8 Å². The van der Waals surface area contributed by atoms with Gasteiger partial charge in [0.2, 0.25) is 0 Å². The smallest absolute Gasteiger partial charge is 0.337 e. The summed E-state index contributed by atoms with van der Waals surface area (Å²) in [4.78, 5) is 50.8. The molecule has 0 aliphatic carbocycles. The fourth-order valence-corrected chi connectivity index (χ4v) is 3.45. The van der Waals surface area contributed by atoms with E-state index in [9.17, 15) is 19.2 Å². The summed E-state index contributed by atoms with van der Waals surface area (Å²) < 4.78 is 20.9. The predicted octanol–water partition coefficient (Wildman–Crippen LogP) is 2.46. The molecule has 0 radical (unpaired) electrons. The van der Waals surface area contributed by atoms with E-state index >= 15 is 0 Å². The Labute approximate surface area is 198 Å². The Bertz CT molecular complexity index is 972. The molecule has 10 nitrogen and oxygen atoms in total. The Balaban J connectivity index is 2.25. The van der Waals surface area contributed by atoms with Crippen molar-refractivity contribution in [3.8, 4) is 5.75 Å². The van der Waals surface area contributed by atoms with E-state index in [-0.39, 0.29) is 24.4 Å². The normalized spacial score (nSPS) is 13.7. The van der Waals surface area contributed by atoms with Crippen LogP contribution < -0.4 is 15.4 Å². The van der Waals surface area contributed by atoms with E-state index in [0.717, 1.165) is 0 Å². The van der Waals surface area contributed by atoms with Crippen LogP contribution in [-0.4, -0.2) is 50.2 Å². The minimum atomic E-state index is -1.41. The quantitative estimate of drug-likeness (QED) is 0.388. The van der Waals surface area contributed by atoms with Gasteiger partial charge in [-0.3, -0.25) is 9.59 Å². The van der Waals surface area contributed by atoms with Gasteiger partial charge in [0.1, 0.15) is 11.7 Å². The maximum atomic E-state index is 13.1. The van der Waals surface area contributed by atoms with E-state index in [4.69, 9.17) is 18.9 Å². The highest BCUT2D eigenvalue weighted by Crippen LogP contribution is 2.32. The SMILES string of the molecule is CCOC(=O)C1=C(C)NC(C)=C(C(=O)OCC)C1C(=O)OCC(=O)Nc1ccccc1OCC. The molecule has 184 valence electrons. The largest absolute Gasteiger partial charge is 0.492 e. The monoisotopic (exact) mass is 474 g/mol. The first kappa shape index (κ1) is 26.4. The van der Waals surface area contributed by atoms with Crippen molar-refractivity contribution >= 4 is 29.5 Å². The van der Waals surface area contributed by atoms with Crippen LogP contribution >= 0.6 is 0 Å². The van der Waals surface area contributed by atoms with Crippen molar-refractivity contribution in [2.24, 2.45) is 5.92 Å². The molecule has 34 heavy (non-hydrogen) atoms. The van der Waals surface area contributed by atoms with Crippen LogP contribution in [0.4, 0.5) is 5.69 Å². The van der Waals surface area contributed by atoms with Gasteiger partial charge in [-0.05, 0) is 46.8 Å². The molecule has 0 aromatic heterocycles. The van der Waals surface area contributed by atoms with E-state index < -0.39 is 36.3 Å². The molecular weight excluding hydrogens is 444 g/mol. The molecule has 1 aromatic rings. The first-order chi connectivity index (χ1) is 16.2. The number of nitrogens with one attached hydrogen (secondary N) is 2. The second-order valence-electron chi connectivity index (χ2n) is 7.16. The molecule has 0 bridgehead atoms. The minimum absolute atomic E-state index is 0.0659. The van der Waals surface area contributed by atoms with E-state index in [1.807, 2.05) is 6.92 Å². The van der Waals surface area contributed by atoms with Gasteiger partial charge >= 0.3 is 17.9 Å². The van der Waals surface area contributed by atoms with Gasteiger partial charge in [-0.15, -0.1) is 0 Å². The standard InChI is InChI=1S/C24H30N2O8/c1-6-31-17-12-10-9-11-16(17)26-18(27)13-34-24(30)21-19(22(28)32-7-2)14(4)25-15(5)20(21)23(29)33-8-3/h9-12,21,25H,6-8,13H2,1-5H3,(H,26,27). The number of hydrogen-bond donors (Lipinski definition) is 2. The summed E-state index contributed by atoms with van der Waals surface area (Å²) >= 11 is 0. The highest BCUT2D eigenvalue weighted by molar-refractivity contribution is 6.06. The fraction of sp³-hybridized carbons (Fsp3) is 0.417. The maximum Gasteiger partial charge on any atom is 0.337 e. The fourth-order valence-electron chi connectivity index (χ4n) is 3.45. The molecule has 1 heterocycles. The molecule has 1 amide bonds. The summed E-state index contributed by atoms with van der Waals surface area (Å²) in [6.45, 7) is 8.10. The first-order valence-electron chi connectivity index (χ1n) is 11.0. The number of rotatable bonds is 10. The van der Waals surface area contributed by atoms with Gasteiger partial charge in [0.25, 0.3) is 5.91 Å². The van der Waals surface area contributed by atoms with Crippen LogP contribution in [0.2, 0.25) is 0 Å². The number of hydrogen-bond acceptors (Lipinski definition) is 9. The molecule has 2 rings (SSSR count). The third kappa shape index (κ3) is 6.37. The van der Waals surface area contributed by atoms with Gasteiger partial charge in [-0.25, -0.2) is 9.59 Å². The molecule has 1 aromatic carbocycles. The lowest BCUT2D eigenvalue weighted by Crippen LogP contribution is -2.39. The van der Waals surface area contributed by atoms with Crippen LogP contribution in [0.25, 0.3) is 0 Å². The summed E-state index contributed by atoms with van der Waals surface area (Å²) in [6, 6.07) is 6.82. The molecule has 1 aliphatic heterocycles. The van der Waals surface area contributed by atoms with Crippen molar-refractivity contribution in [3.63, 3.8) is 0 Å². The number of esters is 3. The van der Waals surface area contributed by atoms with E-state index in [0.29, 0.717) is 29.4 Å². The summed E-state index contributed by atoms with van der Waals surface area (Å²) in [7, 11) is 0. The van der Waals surface area contributed by atoms with E-state index in [1.54, 1.807) is 52.0 Å². The summed E-state index contributed by atoms with van der Waals surface area (Å²) in [6.07, 6.45) is 0. The zero-order valence-electron chi connectivity index (χ0n) is 20.0. The molecule has 2 N–H and O–H groups in total. The Hall–Kier alpha value is -3.82. The molecular formula is C24H30N2O8. The second kappa shape index (κ2) is 12.4. The maximum absolute atomic E-state index is 13.1.